The first-order valence-electron chi connectivity index (χ1n) is 8.68. The second-order valence-electron chi connectivity index (χ2n) is 7.32. The molecule has 0 aliphatic rings. The van der Waals surface area contributed by atoms with Gasteiger partial charge < -0.3 is 4.57 Å². The summed E-state index contributed by atoms with van der Waals surface area (Å²) in [4.78, 5) is 9.07. The molecule has 28 heavy (non-hydrogen) atoms. The lowest BCUT2D eigenvalue weighted by Crippen LogP contribution is -1.97. The zero-order valence-electron chi connectivity index (χ0n) is 16.1. The third-order valence-electron chi connectivity index (χ3n) is 4.46. The van der Waals surface area contributed by atoms with Gasteiger partial charge in [0.2, 0.25) is 0 Å². The molecule has 0 radical (unpaired) electrons. The van der Waals surface area contributed by atoms with Crippen molar-refractivity contribution >= 4 is 10.0 Å². The topological polar surface area (TPSA) is 72.3 Å². The standard InChI is InChI=1S/C20H21FN6S/c1-27-12-23-18(19(27)13-5-7-15(21)8-6-13)16-11-14(9-10-22-16)17-20(25-26-24-17)28(2,3)4/h5-12H,1-4H3,(H,24,25,26). The van der Waals surface area contributed by atoms with E-state index in [9.17, 15) is 4.39 Å². The molecule has 0 saturated carbocycles. The van der Waals surface area contributed by atoms with Crippen molar-refractivity contribution in [2.45, 2.75) is 5.03 Å². The highest BCUT2D eigenvalue weighted by Gasteiger charge is 2.20. The lowest BCUT2D eigenvalue weighted by atomic mass is 10.1. The van der Waals surface area contributed by atoms with Crippen LogP contribution >= 0.6 is 10.0 Å². The molecule has 0 saturated heterocycles. The molecule has 0 aliphatic carbocycles. The fourth-order valence-corrected chi connectivity index (χ4v) is 4.16. The molecule has 144 valence electrons. The second-order valence-corrected chi connectivity index (χ2v) is 11.4. The van der Waals surface area contributed by atoms with E-state index in [1.807, 2.05) is 23.7 Å². The Kier molecular flexibility index (Phi) is 4.50. The van der Waals surface area contributed by atoms with Gasteiger partial charge in [0.1, 0.15) is 22.2 Å². The van der Waals surface area contributed by atoms with Crippen molar-refractivity contribution in [1.29, 1.82) is 0 Å². The number of H-pyrrole nitrogens is 1. The van der Waals surface area contributed by atoms with Crippen LogP contribution in [0.15, 0.2) is 53.9 Å². The Hall–Kier alpha value is -3.00. The number of benzene rings is 1. The van der Waals surface area contributed by atoms with E-state index in [4.69, 9.17) is 0 Å². The molecule has 4 aromatic rings. The van der Waals surface area contributed by atoms with Gasteiger partial charge in [-0.3, -0.25) is 10.1 Å². The summed E-state index contributed by atoms with van der Waals surface area (Å²) in [5.74, 6) is -0.268. The van der Waals surface area contributed by atoms with Crippen molar-refractivity contribution in [3.63, 3.8) is 0 Å². The van der Waals surface area contributed by atoms with Gasteiger partial charge in [-0.1, -0.05) is 5.21 Å². The number of hydrogen-bond donors (Lipinski definition) is 1. The zero-order valence-corrected chi connectivity index (χ0v) is 17.0. The number of nitrogens with zero attached hydrogens (tertiary/aromatic N) is 5. The zero-order chi connectivity index (χ0) is 19.9. The minimum absolute atomic E-state index is 0.268. The van der Waals surface area contributed by atoms with Gasteiger partial charge in [0.15, 0.2) is 0 Å². The van der Waals surface area contributed by atoms with Crippen LogP contribution in [0.4, 0.5) is 4.39 Å². The fourth-order valence-electron chi connectivity index (χ4n) is 3.11. The van der Waals surface area contributed by atoms with Crippen LogP contribution in [0.5, 0.6) is 0 Å². The van der Waals surface area contributed by atoms with Crippen molar-refractivity contribution in [3.8, 4) is 33.9 Å². The molecule has 3 heterocycles. The molecule has 6 nitrogen and oxygen atoms in total. The highest BCUT2D eigenvalue weighted by atomic mass is 32.3. The van der Waals surface area contributed by atoms with Gasteiger partial charge >= 0.3 is 0 Å². The maximum absolute atomic E-state index is 13.3. The van der Waals surface area contributed by atoms with Gasteiger partial charge in [-0.25, -0.2) is 19.4 Å². The van der Waals surface area contributed by atoms with Gasteiger partial charge in [0.05, 0.1) is 17.7 Å². The third-order valence-corrected chi connectivity index (χ3v) is 5.97. The predicted octanol–water partition coefficient (Wildman–Crippen LogP) is 4.13. The molecule has 0 bridgehead atoms. The van der Waals surface area contributed by atoms with Crippen LogP contribution in [0.2, 0.25) is 0 Å². The predicted molar refractivity (Wildman–Crippen MR) is 111 cm³/mol. The Balaban J connectivity index is 1.82. The number of halogens is 1. The lowest BCUT2D eigenvalue weighted by Gasteiger charge is -2.23. The molecule has 1 N–H and O–H groups in total. The molecule has 0 aliphatic heterocycles. The van der Waals surface area contributed by atoms with Crippen molar-refractivity contribution in [2.75, 3.05) is 18.8 Å². The summed E-state index contributed by atoms with van der Waals surface area (Å²) < 4.78 is 15.3. The monoisotopic (exact) mass is 396 g/mol. The number of imidazole rings is 1. The first-order chi connectivity index (χ1) is 13.3. The molecule has 0 unspecified atom stereocenters. The van der Waals surface area contributed by atoms with E-state index in [0.29, 0.717) is 0 Å². The highest BCUT2D eigenvalue weighted by molar-refractivity contribution is 8.32. The van der Waals surface area contributed by atoms with Crippen LogP contribution in [0.3, 0.4) is 0 Å². The summed E-state index contributed by atoms with van der Waals surface area (Å²) in [5, 5.41) is 12.4. The van der Waals surface area contributed by atoms with Crippen LogP contribution < -0.4 is 0 Å². The van der Waals surface area contributed by atoms with Crippen molar-refractivity contribution < 1.29 is 4.39 Å². The Labute approximate surface area is 164 Å². The summed E-state index contributed by atoms with van der Waals surface area (Å²) in [6, 6.07) is 10.3. The van der Waals surface area contributed by atoms with E-state index >= 15 is 0 Å². The minimum atomic E-state index is -1.02. The van der Waals surface area contributed by atoms with Gasteiger partial charge in [0.25, 0.3) is 0 Å². The maximum atomic E-state index is 13.3. The van der Waals surface area contributed by atoms with Crippen LogP contribution in [0.25, 0.3) is 33.9 Å². The molecule has 1 aromatic carbocycles. The molecule has 0 fully saturated rings. The summed E-state index contributed by atoms with van der Waals surface area (Å²) in [7, 11) is 0.891. The molecular weight excluding hydrogens is 375 g/mol. The average molecular weight is 396 g/mol. The summed E-state index contributed by atoms with van der Waals surface area (Å²) in [5.41, 5.74) is 5.01. The van der Waals surface area contributed by atoms with Crippen LogP contribution in [0, 0.1) is 5.82 Å². The van der Waals surface area contributed by atoms with Crippen molar-refractivity contribution in [1.82, 2.24) is 29.9 Å². The van der Waals surface area contributed by atoms with E-state index in [2.05, 4.69) is 44.1 Å². The second kappa shape index (κ2) is 6.87. The number of aryl methyl sites for hydroxylation is 1. The minimum Gasteiger partial charge on any atom is -0.333 e. The highest BCUT2D eigenvalue weighted by Crippen LogP contribution is 2.47. The van der Waals surface area contributed by atoms with Gasteiger partial charge in [0, 0.05) is 24.4 Å². The smallest absolute Gasteiger partial charge is 0.125 e. The van der Waals surface area contributed by atoms with Crippen LogP contribution in [-0.2, 0) is 7.05 Å². The van der Waals surface area contributed by atoms with E-state index in [1.165, 1.54) is 12.1 Å². The Morgan fingerprint density at radius 2 is 1.71 bits per heavy atom. The average Bonchev–Trinajstić information content (AvgIpc) is 3.29. The van der Waals surface area contributed by atoms with E-state index < -0.39 is 10.0 Å². The van der Waals surface area contributed by atoms with Crippen LogP contribution in [0.1, 0.15) is 0 Å². The fraction of sp³-hybridized carbons (Fsp3) is 0.200. The van der Waals surface area contributed by atoms with E-state index in [0.717, 1.165) is 38.9 Å². The maximum Gasteiger partial charge on any atom is 0.125 e. The first kappa shape index (κ1) is 18.4. The molecule has 0 amide bonds. The number of rotatable bonds is 4. The molecular formula is C20H21FN6S. The third kappa shape index (κ3) is 3.31. The quantitative estimate of drug-likeness (QED) is 0.563. The van der Waals surface area contributed by atoms with E-state index in [-0.39, 0.29) is 5.82 Å². The summed E-state index contributed by atoms with van der Waals surface area (Å²) in [6.45, 7) is 0. The van der Waals surface area contributed by atoms with Gasteiger partial charge in [-0.2, -0.15) is 0 Å². The summed E-state index contributed by atoms with van der Waals surface area (Å²) in [6.07, 6.45) is 10.1. The largest absolute Gasteiger partial charge is 0.333 e. The summed E-state index contributed by atoms with van der Waals surface area (Å²) >= 11 is 0. The number of aromatic nitrogens is 6. The molecule has 0 spiro atoms. The van der Waals surface area contributed by atoms with Crippen molar-refractivity contribution in [3.05, 3.63) is 54.7 Å². The molecule has 0 atom stereocenters. The van der Waals surface area contributed by atoms with Crippen molar-refractivity contribution in [2.24, 2.45) is 7.05 Å². The Bertz CT molecular complexity index is 1120. The number of hydrogen-bond acceptors (Lipinski definition) is 4. The molecule has 3 aromatic heterocycles. The Morgan fingerprint density at radius 3 is 2.43 bits per heavy atom. The normalized spacial score (nSPS) is 12.3. The molecule has 4 rings (SSSR count). The SMILES string of the molecule is Cn1cnc(-c2cc(-c3nn[nH]c3S(C)(C)C)ccn2)c1-c1ccc(F)cc1. The van der Waals surface area contributed by atoms with E-state index in [1.54, 1.807) is 24.7 Å². The van der Waals surface area contributed by atoms with Gasteiger partial charge in [-0.15, -0.1) is 5.10 Å². The van der Waals surface area contributed by atoms with Gasteiger partial charge in [-0.05, 0) is 55.2 Å². The number of nitrogens with one attached hydrogen (secondary N) is 1. The number of pyridine rings is 1. The lowest BCUT2D eigenvalue weighted by molar-refractivity contribution is 0.628. The molecule has 8 heteroatoms. The van der Waals surface area contributed by atoms with Crippen LogP contribution in [-0.4, -0.2) is 48.7 Å². The Morgan fingerprint density at radius 1 is 0.964 bits per heavy atom. The first-order valence-corrected chi connectivity index (χ1v) is 11.5. The number of aromatic amines is 1.